The molecule has 1 atom stereocenters. The molecule has 1 N–H and O–H groups in total. The molecule has 0 fully saturated rings. The van der Waals surface area contributed by atoms with E-state index in [1.165, 1.54) is 5.56 Å². The number of hydrogen-bond acceptors (Lipinski definition) is 2. The molecule has 2 heteroatoms. The summed E-state index contributed by atoms with van der Waals surface area (Å²) >= 11 is 0. The van der Waals surface area contributed by atoms with Gasteiger partial charge in [0, 0.05) is 5.57 Å². The van der Waals surface area contributed by atoms with Gasteiger partial charge in [-0.1, -0.05) is 73.9 Å². The SMILES string of the molecule is CCCCC(O)C=CC=C1C(=O)C=CC1=Cc1ccc(C)cc1. The van der Waals surface area contributed by atoms with Crippen molar-refractivity contribution in [1.82, 2.24) is 0 Å². The Morgan fingerprint density at radius 2 is 1.91 bits per heavy atom. The minimum absolute atomic E-state index is 0.0102. The third kappa shape index (κ3) is 5.19. The van der Waals surface area contributed by atoms with Crippen molar-refractivity contribution in [3.63, 3.8) is 0 Å². The Kier molecular flexibility index (Phi) is 6.30. The summed E-state index contributed by atoms with van der Waals surface area (Å²) in [5, 5.41) is 9.82. The number of rotatable bonds is 6. The van der Waals surface area contributed by atoms with Crippen molar-refractivity contribution < 1.29 is 9.90 Å². The van der Waals surface area contributed by atoms with Crippen LogP contribution in [0.4, 0.5) is 0 Å². The van der Waals surface area contributed by atoms with E-state index in [1.807, 2.05) is 24.3 Å². The van der Waals surface area contributed by atoms with Crippen LogP contribution in [0.25, 0.3) is 6.08 Å². The Morgan fingerprint density at radius 3 is 2.61 bits per heavy atom. The van der Waals surface area contributed by atoms with Crippen LogP contribution >= 0.6 is 0 Å². The Bertz CT molecular complexity index is 658. The molecule has 0 saturated heterocycles. The van der Waals surface area contributed by atoms with Gasteiger partial charge in [-0.2, -0.15) is 0 Å². The maximum Gasteiger partial charge on any atom is 0.186 e. The topological polar surface area (TPSA) is 37.3 Å². The molecular formula is C21H24O2. The third-order valence-corrected chi connectivity index (χ3v) is 3.84. The molecule has 0 bridgehead atoms. The molecule has 0 aliphatic heterocycles. The summed E-state index contributed by atoms with van der Waals surface area (Å²) in [4.78, 5) is 12.0. The number of aryl methyl sites for hydroxylation is 1. The molecule has 23 heavy (non-hydrogen) atoms. The molecule has 0 radical (unpaired) electrons. The first kappa shape index (κ1) is 17.2. The quantitative estimate of drug-likeness (QED) is 0.783. The van der Waals surface area contributed by atoms with Crippen LogP contribution < -0.4 is 0 Å². The monoisotopic (exact) mass is 308 g/mol. The fourth-order valence-electron chi connectivity index (χ4n) is 2.42. The maximum absolute atomic E-state index is 12.0. The first-order chi connectivity index (χ1) is 11.1. The summed E-state index contributed by atoms with van der Waals surface area (Å²) in [7, 11) is 0. The molecule has 1 aliphatic rings. The fourth-order valence-corrected chi connectivity index (χ4v) is 2.42. The van der Waals surface area contributed by atoms with E-state index in [0.29, 0.717) is 5.57 Å². The molecule has 1 aromatic rings. The zero-order valence-corrected chi connectivity index (χ0v) is 13.8. The minimum Gasteiger partial charge on any atom is -0.389 e. The van der Waals surface area contributed by atoms with Crippen molar-refractivity contribution in [2.24, 2.45) is 0 Å². The molecule has 1 unspecified atom stereocenters. The predicted octanol–water partition coefficient (Wildman–Crippen LogP) is 4.55. The number of hydrogen-bond donors (Lipinski definition) is 1. The first-order valence-electron chi connectivity index (χ1n) is 8.18. The van der Waals surface area contributed by atoms with Crippen molar-refractivity contribution in [2.45, 2.75) is 39.2 Å². The first-order valence-corrected chi connectivity index (χ1v) is 8.18. The summed E-state index contributed by atoms with van der Waals surface area (Å²) in [6.45, 7) is 4.15. The van der Waals surface area contributed by atoms with Gasteiger partial charge >= 0.3 is 0 Å². The highest BCUT2D eigenvalue weighted by Crippen LogP contribution is 2.23. The Labute approximate surface area is 138 Å². The van der Waals surface area contributed by atoms with Gasteiger partial charge in [0.2, 0.25) is 0 Å². The fraction of sp³-hybridized carbons (Fsp3) is 0.286. The van der Waals surface area contributed by atoms with Crippen molar-refractivity contribution in [3.8, 4) is 0 Å². The van der Waals surface area contributed by atoms with Crippen LogP contribution in [0.5, 0.6) is 0 Å². The van der Waals surface area contributed by atoms with Crippen LogP contribution in [-0.2, 0) is 4.79 Å². The van der Waals surface area contributed by atoms with Crippen molar-refractivity contribution in [2.75, 3.05) is 0 Å². The van der Waals surface area contributed by atoms with E-state index in [-0.39, 0.29) is 5.78 Å². The van der Waals surface area contributed by atoms with Gasteiger partial charge in [0.25, 0.3) is 0 Å². The Hall–Kier alpha value is -2.19. The predicted molar refractivity (Wildman–Crippen MR) is 96.1 cm³/mol. The summed E-state index contributed by atoms with van der Waals surface area (Å²) in [6, 6.07) is 8.20. The summed E-state index contributed by atoms with van der Waals surface area (Å²) in [5.41, 5.74) is 3.86. The molecule has 1 aliphatic carbocycles. The van der Waals surface area contributed by atoms with E-state index in [4.69, 9.17) is 0 Å². The van der Waals surface area contributed by atoms with Crippen molar-refractivity contribution in [1.29, 1.82) is 0 Å². The number of carbonyl (C=O) groups excluding carboxylic acids is 1. The molecule has 120 valence electrons. The van der Waals surface area contributed by atoms with E-state index in [0.717, 1.165) is 30.4 Å². The average Bonchev–Trinajstić information content (AvgIpc) is 2.88. The number of carbonyl (C=O) groups is 1. The van der Waals surface area contributed by atoms with Gasteiger partial charge in [0.05, 0.1) is 6.10 Å². The highest BCUT2D eigenvalue weighted by Gasteiger charge is 2.15. The van der Waals surface area contributed by atoms with E-state index < -0.39 is 6.10 Å². The molecule has 0 aromatic heterocycles. The molecule has 2 nitrogen and oxygen atoms in total. The van der Waals surface area contributed by atoms with Gasteiger partial charge in [0.15, 0.2) is 5.78 Å². The zero-order chi connectivity index (χ0) is 16.7. The lowest BCUT2D eigenvalue weighted by molar-refractivity contribution is -0.110. The van der Waals surface area contributed by atoms with Crippen LogP contribution in [0.1, 0.15) is 37.3 Å². The van der Waals surface area contributed by atoms with Gasteiger partial charge in [-0.15, -0.1) is 0 Å². The molecular weight excluding hydrogens is 284 g/mol. The summed E-state index contributed by atoms with van der Waals surface area (Å²) in [6.07, 6.45) is 13.1. The highest BCUT2D eigenvalue weighted by atomic mass is 16.3. The van der Waals surface area contributed by atoms with E-state index in [9.17, 15) is 9.90 Å². The van der Waals surface area contributed by atoms with Gasteiger partial charge in [-0.25, -0.2) is 0 Å². The van der Waals surface area contributed by atoms with Crippen molar-refractivity contribution in [3.05, 3.63) is 76.9 Å². The van der Waals surface area contributed by atoms with Crippen molar-refractivity contribution >= 4 is 11.9 Å². The van der Waals surface area contributed by atoms with Gasteiger partial charge in [-0.05, 0) is 36.6 Å². The number of unbranched alkanes of at least 4 members (excludes halogenated alkanes) is 1. The third-order valence-electron chi connectivity index (χ3n) is 3.84. The molecule has 0 spiro atoms. The smallest absolute Gasteiger partial charge is 0.186 e. The molecule has 1 aromatic carbocycles. The van der Waals surface area contributed by atoms with Crippen LogP contribution in [0.15, 0.2) is 65.8 Å². The lowest BCUT2D eigenvalue weighted by Crippen LogP contribution is -2.01. The largest absolute Gasteiger partial charge is 0.389 e. The molecule has 0 heterocycles. The number of benzene rings is 1. The Morgan fingerprint density at radius 1 is 1.17 bits per heavy atom. The van der Waals surface area contributed by atoms with E-state index in [2.05, 4.69) is 26.0 Å². The number of aliphatic hydroxyl groups excluding tert-OH is 1. The second-order valence-electron chi connectivity index (χ2n) is 5.88. The van der Waals surface area contributed by atoms with Gasteiger partial charge < -0.3 is 5.11 Å². The maximum atomic E-state index is 12.0. The van der Waals surface area contributed by atoms with Crippen LogP contribution in [0.2, 0.25) is 0 Å². The lowest BCUT2D eigenvalue weighted by atomic mass is 10.0. The lowest BCUT2D eigenvalue weighted by Gasteiger charge is -2.03. The van der Waals surface area contributed by atoms with Crippen LogP contribution in [0, 0.1) is 6.92 Å². The zero-order valence-electron chi connectivity index (χ0n) is 13.8. The second-order valence-corrected chi connectivity index (χ2v) is 5.88. The highest BCUT2D eigenvalue weighted by molar-refractivity contribution is 6.13. The van der Waals surface area contributed by atoms with Gasteiger partial charge in [-0.3, -0.25) is 4.79 Å². The van der Waals surface area contributed by atoms with E-state index >= 15 is 0 Å². The number of allylic oxidation sites excluding steroid dienone is 6. The molecule has 2 rings (SSSR count). The van der Waals surface area contributed by atoms with Crippen LogP contribution in [-0.4, -0.2) is 17.0 Å². The normalized spacial score (nSPS) is 19.3. The summed E-state index contributed by atoms with van der Waals surface area (Å²) < 4.78 is 0. The minimum atomic E-state index is -0.444. The van der Waals surface area contributed by atoms with Crippen LogP contribution in [0.3, 0.4) is 0 Å². The number of aliphatic hydroxyl groups is 1. The average molecular weight is 308 g/mol. The standard InChI is InChI=1S/C21H24O2/c1-3-4-6-19(22)7-5-8-20-18(13-14-21(20)23)15-17-11-9-16(2)10-12-17/h5,7-15,19,22H,3-4,6H2,1-2H3. The summed E-state index contributed by atoms with van der Waals surface area (Å²) in [5.74, 6) is 0.0102. The van der Waals surface area contributed by atoms with Gasteiger partial charge in [0.1, 0.15) is 0 Å². The Balaban J connectivity index is 2.12. The molecule has 0 saturated carbocycles. The second kappa shape index (κ2) is 8.44. The number of ketones is 1. The molecule has 0 amide bonds. The van der Waals surface area contributed by atoms with E-state index in [1.54, 1.807) is 24.3 Å².